The zero-order valence-electron chi connectivity index (χ0n) is 14.9. The van der Waals surface area contributed by atoms with E-state index in [1.54, 1.807) is 17.9 Å². The summed E-state index contributed by atoms with van der Waals surface area (Å²) in [6.45, 7) is 2.46. The van der Waals surface area contributed by atoms with Crippen LogP contribution in [0.4, 0.5) is 32.2 Å². The average Bonchev–Trinajstić information content (AvgIpc) is 3.27. The topological polar surface area (TPSA) is 59.2 Å². The van der Waals surface area contributed by atoms with Crippen molar-refractivity contribution >= 4 is 22.9 Å². The Kier molecular flexibility index (Phi) is 4.67. The van der Waals surface area contributed by atoms with Crippen LogP contribution in [0.3, 0.4) is 0 Å². The van der Waals surface area contributed by atoms with Crippen LogP contribution in [0, 0.1) is 6.92 Å². The van der Waals surface area contributed by atoms with E-state index in [-0.39, 0.29) is 11.7 Å². The molecule has 0 aromatic carbocycles. The molecule has 0 amide bonds. The van der Waals surface area contributed by atoms with Crippen LogP contribution < -0.4 is 4.90 Å². The monoisotopic (exact) mass is 436 g/mol. The van der Waals surface area contributed by atoms with Gasteiger partial charge in [-0.15, -0.1) is 16.4 Å². The van der Waals surface area contributed by atoms with E-state index in [9.17, 15) is 26.3 Å². The summed E-state index contributed by atoms with van der Waals surface area (Å²) in [4.78, 5) is 13.0. The molecule has 4 rings (SSSR count). The Bertz CT molecular complexity index is 1040. The number of hydrogen-bond acceptors (Lipinski definition) is 6. The number of alkyl halides is 6. The standard InChI is InChI=1S/C16H14F6N6S/c1-8-5-11(28-14(23-8)25-13(26-28)16(20,21)22)27-4-2-3-9(6-27)12-24-10(7-29-12)15(17,18)19/h5,7,9H,2-4,6H2,1H3. The summed E-state index contributed by atoms with van der Waals surface area (Å²) in [6, 6.07) is 1.59. The lowest BCUT2D eigenvalue weighted by atomic mass is 9.98. The van der Waals surface area contributed by atoms with E-state index in [0.29, 0.717) is 42.5 Å². The highest BCUT2D eigenvalue weighted by atomic mass is 32.1. The number of halogens is 6. The summed E-state index contributed by atoms with van der Waals surface area (Å²) < 4.78 is 78.6. The molecule has 1 aliphatic heterocycles. The Morgan fingerprint density at radius 1 is 1.07 bits per heavy atom. The highest BCUT2D eigenvalue weighted by Gasteiger charge is 2.38. The molecular weight excluding hydrogens is 422 g/mol. The van der Waals surface area contributed by atoms with Crippen molar-refractivity contribution in [2.75, 3.05) is 18.0 Å². The van der Waals surface area contributed by atoms with Crippen LogP contribution in [0.2, 0.25) is 0 Å². The van der Waals surface area contributed by atoms with E-state index < -0.39 is 23.9 Å². The van der Waals surface area contributed by atoms with Crippen LogP contribution in [-0.4, -0.2) is 37.7 Å². The van der Waals surface area contributed by atoms with Crippen molar-refractivity contribution in [1.82, 2.24) is 24.6 Å². The smallest absolute Gasteiger partial charge is 0.356 e. The Morgan fingerprint density at radius 2 is 1.83 bits per heavy atom. The Balaban J connectivity index is 1.67. The fraction of sp³-hybridized carbons (Fsp3) is 0.500. The molecule has 6 nitrogen and oxygen atoms in total. The van der Waals surface area contributed by atoms with Crippen molar-refractivity contribution in [3.63, 3.8) is 0 Å². The summed E-state index contributed by atoms with van der Waals surface area (Å²) in [7, 11) is 0. The lowest BCUT2D eigenvalue weighted by molar-refractivity contribution is -0.144. The summed E-state index contributed by atoms with van der Waals surface area (Å²) in [6.07, 6.45) is -7.93. The number of nitrogens with zero attached hydrogens (tertiary/aromatic N) is 6. The van der Waals surface area contributed by atoms with Crippen molar-refractivity contribution in [2.45, 2.75) is 38.0 Å². The van der Waals surface area contributed by atoms with Crippen LogP contribution in [0.15, 0.2) is 11.4 Å². The molecule has 1 fully saturated rings. The Morgan fingerprint density at radius 3 is 2.48 bits per heavy atom. The molecule has 3 aromatic heterocycles. The first-order valence-electron chi connectivity index (χ1n) is 8.61. The molecule has 4 heterocycles. The van der Waals surface area contributed by atoms with Gasteiger partial charge in [0, 0.05) is 36.1 Å². The SMILES string of the molecule is Cc1cc(N2CCCC(c3nc(C(F)(F)F)cs3)C2)n2nc(C(F)(F)F)nc2n1. The van der Waals surface area contributed by atoms with Crippen LogP contribution >= 0.6 is 11.3 Å². The van der Waals surface area contributed by atoms with Crippen molar-refractivity contribution < 1.29 is 26.3 Å². The van der Waals surface area contributed by atoms with E-state index in [0.717, 1.165) is 21.2 Å². The maximum atomic E-state index is 13.0. The minimum atomic E-state index is -4.71. The normalized spacial score (nSPS) is 18.6. The highest BCUT2D eigenvalue weighted by molar-refractivity contribution is 7.09. The molecule has 13 heteroatoms. The number of rotatable bonds is 2. The molecule has 29 heavy (non-hydrogen) atoms. The second-order valence-electron chi connectivity index (χ2n) is 6.75. The molecule has 0 radical (unpaired) electrons. The molecule has 0 spiro atoms. The van der Waals surface area contributed by atoms with E-state index in [1.807, 2.05) is 0 Å². The van der Waals surface area contributed by atoms with Gasteiger partial charge in [-0.1, -0.05) is 0 Å². The van der Waals surface area contributed by atoms with E-state index in [2.05, 4.69) is 20.1 Å². The molecule has 156 valence electrons. The first-order chi connectivity index (χ1) is 13.5. The van der Waals surface area contributed by atoms with Gasteiger partial charge in [-0.05, 0) is 19.8 Å². The van der Waals surface area contributed by atoms with Crippen LogP contribution in [0.5, 0.6) is 0 Å². The summed E-state index contributed by atoms with van der Waals surface area (Å²) in [5, 5.41) is 4.89. The minimum Gasteiger partial charge on any atom is -0.356 e. The zero-order chi connectivity index (χ0) is 21.0. The minimum absolute atomic E-state index is 0.178. The number of anilines is 1. The number of piperidine rings is 1. The number of fused-ring (bicyclic) bond motifs is 1. The lowest BCUT2D eigenvalue weighted by Gasteiger charge is -2.33. The van der Waals surface area contributed by atoms with Gasteiger partial charge < -0.3 is 4.90 Å². The molecule has 0 bridgehead atoms. The van der Waals surface area contributed by atoms with Gasteiger partial charge in [-0.25, -0.2) is 9.97 Å². The van der Waals surface area contributed by atoms with Crippen molar-refractivity contribution in [3.8, 4) is 0 Å². The highest BCUT2D eigenvalue weighted by Crippen LogP contribution is 2.36. The van der Waals surface area contributed by atoms with E-state index in [4.69, 9.17) is 0 Å². The first kappa shape index (κ1) is 19.9. The largest absolute Gasteiger partial charge is 0.453 e. The van der Waals surface area contributed by atoms with Crippen LogP contribution in [0.1, 0.15) is 41.0 Å². The quantitative estimate of drug-likeness (QED) is 0.561. The maximum Gasteiger partial charge on any atom is 0.453 e. The summed E-state index contributed by atoms with van der Waals surface area (Å²) >= 11 is 0.941. The Labute approximate surface area is 164 Å². The van der Waals surface area contributed by atoms with Gasteiger partial charge in [-0.2, -0.15) is 35.8 Å². The molecule has 0 aliphatic carbocycles. The fourth-order valence-electron chi connectivity index (χ4n) is 3.31. The summed E-state index contributed by atoms with van der Waals surface area (Å²) in [5.74, 6) is -1.37. The molecule has 1 aliphatic rings. The van der Waals surface area contributed by atoms with Gasteiger partial charge in [0.1, 0.15) is 5.82 Å². The molecule has 1 atom stereocenters. The predicted octanol–water partition coefficient (Wildman–Crippen LogP) is 4.31. The van der Waals surface area contributed by atoms with Gasteiger partial charge in [0.2, 0.25) is 0 Å². The van der Waals surface area contributed by atoms with Gasteiger partial charge >= 0.3 is 12.4 Å². The molecular formula is C16H14F6N6S. The molecule has 3 aromatic rings. The van der Waals surface area contributed by atoms with Gasteiger partial charge in [0.05, 0.1) is 5.01 Å². The second kappa shape index (κ2) is 6.82. The lowest BCUT2D eigenvalue weighted by Crippen LogP contribution is -2.36. The average molecular weight is 436 g/mol. The number of aromatic nitrogens is 5. The van der Waals surface area contributed by atoms with Crippen molar-refractivity contribution in [2.24, 2.45) is 0 Å². The van der Waals surface area contributed by atoms with Gasteiger partial charge in [0.15, 0.2) is 5.69 Å². The van der Waals surface area contributed by atoms with Crippen molar-refractivity contribution in [3.05, 3.63) is 33.7 Å². The van der Waals surface area contributed by atoms with Crippen LogP contribution in [0.25, 0.3) is 5.78 Å². The molecule has 1 saturated heterocycles. The molecule has 0 N–H and O–H groups in total. The van der Waals surface area contributed by atoms with Crippen molar-refractivity contribution in [1.29, 1.82) is 0 Å². The number of hydrogen-bond donors (Lipinski definition) is 0. The van der Waals surface area contributed by atoms with Gasteiger partial charge in [0.25, 0.3) is 11.6 Å². The number of thiazole rings is 1. The predicted molar refractivity (Wildman–Crippen MR) is 91.8 cm³/mol. The number of aryl methyl sites for hydroxylation is 1. The van der Waals surface area contributed by atoms with Gasteiger partial charge in [-0.3, -0.25) is 0 Å². The van der Waals surface area contributed by atoms with E-state index >= 15 is 0 Å². The van der Waals surface area contributed by atoms with E-state index in [1.165, 1.54) is 0 Å². The fourth-order valence-corrected chi connectivity index (χ4v) is 4.26. The van der Waals surface area contributed by atoms with Crippen LogP contribution in [-0.2, 0) is 12.4 Å². The third kappa shape index (κ3) is 3.87. The third-order valence-electron chi connectivity index (χ3n) is 4.58. The zero-order valence-corrected chi connectivity index (χ0v) is 15.7. The second-order valence-corrected chi connectivity index (χ2v) is 7.64. The Hall–Kier alpha value is -2.44. The first-order valence-corrected chi connectivity index (χ1v) is 9.49. The molecule has 1 unspecified atom stereocenters. The summed E-state index contributed by atoms with van der Waals surface area (Å²) in [5.41, 5.74) is -0.466. The molecule has 0 saturated carbocycles. The maximum absolute atomic E-state index is 13.0. The third-order valence-corrected chi connectivity index (χ3v) is 5.59.